The lowest BCUT2D eigenvalue weighted by molar-refractivity contribution is -0.133. The highest BCUT2D eigenvalue weighted by molar-refractivity contribution is 9.10. The number of nitrogens with zero attached hydrogens (tertiary/aromatic N) is 2. The number of likely N-dealkylation sites (tertiary alicyclic amines) is 1. The maximum Gasteiger partial charge on any atom is 0.253 e. The Morgan fingerprint density at radius 3 is 2.19 bits per heavy atom. The van der Waals surface area contributed by atoms with Crippen molar-refractivity contribution in [2.24, 2.45) is 0 Å². The molecule has 26 heavy (non-hydrogen) atoms. The van der Waals surface area contributed by atoms with Crippen LogP contribution in [0.25, 0.3) is 0 Å². The van der Waals surface area contributed by atoms with Crippen LogP contribution in [0.2, 0.25) is 0 Å². The highest BCUT2D eigenvalue weighted by Crippen LogP contribution is 2.20. The van der Waals surface area contributed by atoms with Crippen molar-refractivity contribution in [3.05, 3.63) is 69.1 Å². The summed E-state index contributed by atoms with van der Waals surface area (Å²) in [4.78, 5) is 40.4. The minimum atomic E-state index is -1.16. The van der Waals surface area contributed by atoms with Gasteiger partial charge in [-0.1, -0.05) is 47.0 Å². The molecule has 1 aliphatic heterocycles. The average molecular weight is 417 g/mol. The summed E-state index contributed by atoms with van der Waals surface area (Å²) in [5.41, 5.74) is 0.0586. The van der Waals surface area contributed by atoms with Crippen molar-refractivity contribution in [3.8, 4) is 0 Å². The van der Waals surface area contributed by atoms with E-state index in [4.69, 9.17) is 0 Å². The van der Waals surface area contributed by atoms with Gasteiger partial charge in [-0.2, -0.15) is 0 Å². The minimum absolute atomic E-state index is 0.298. The van der Waals surface area contributed by atoms with Gasteiger partial charge in [0.05, 0.1) is 0 Å². The molecule has 1 fully saturated rings. The number of rotatable bonds is 4. The maximum atomic E-state index is 13.2. The summed E-state index contributed by atoms with van der Waals surface area (Å²) in [6.45, 7) is 1.26. The van der Waals surface area contributed by atoms with Crippen molar-refractivity contribution >= 4 is 27.6 Å². The van der Waals surface area contributed by atoms with Gasteiger partial charge in [0.15, 0.2) is 11.8 Å². The molecule has 0 aliphatic carbocycles. The normalized spacial score (nSPS) is 16.0. The largest absolute Gasteiger partial charge is 0.340 e. The van der Waals surface area contributed by atoms with Crippen LogP contribution in [0.15, 0.2) is 57.9 Å². The molecular weight excluding hydrogens is 396 g/mol. The van der Waals surface area contributed by atoms with Crippen LogP contribution in [-0.4, -0.2) is 34.2 Å². The highest BCUT2D eigenvalue weighted by atomic mass is 79.9. The number of hydrogen-bond acceptors (Lipinski definition) is 3. The molecule has 2 aromatic rings. The van der Waals surface area contributed by atoms with Gasteiger partial charge in [0.25, 0.3) is 11.5 Å². The predicted molar refractivity (Wildman–Crippen MR) is 103 cm³/mol. The van der Waals surface area contributed by atoms with Crippen LogP contribution in [0.1, 0.15) is 42.1 Å². The standard InChI is InChI=1S/C20H21BrN2O3/c21-16-10-8-15(9-11-16)19(25)18(23-14-6-3-7-17(23)24)20(26)22-12-4-1-2-5-13-22/h3,6-11,14,18H,1-2,4-5,12-13H2. The molecule has 3 rings (SSSR count). The van der Waals surface area contributed by atoms with Crippen molar-refractivity contribution in [2.45, 2.75) is 31.7 Å². The van der Waals surface area contributed by atoms with Crippen molar-refractivity contribution in [3.63, 3.8) is 0 Å². The van der Waals surface area contributed by atoms with Gasteiger partial charge < -0.3 is 4.90 Å². The summed E-state index contributed by atoms with van der Waals surface area (Å²) in [5, 5.41) is 0. The second kappa shape index (κ2) is 8.45. The molecule has 6 heteroatoms. The first-order chi connectivity index (χ1) is 12.6. The molecule has 0 bridgehead atoms. The summed E-state index contributed by atoms with van der Waals surface area (Å²) in [6, 6.07) is 10.3. The fraction of sp³-hybridized carbons (Fsp3) is 0.350. The fourth-order valence-electron chi connectivity index (χ4n) is 3.25. The highest BCUT2D eigenvalue weighted by Gasteiger charge is 2.33. The first-order valence-corrected chi connectivity index (χ1v) is 9.63. The Bertz CT molecular complexity index is 837. The first-order valence-electron chi connectivity index (χ1n) is 8.83. The molecule has 0 saturated carbocycles. The van der Waals surface area contributed by atoms with E-state index >= 15 is 0 Å². The van der Waals surface area contributed by atoms with Gasteiger partial charge in [-0.15, -0.1) is 0 Å². The summed E-state index contributed by atoms with van der Waals surface area (Å²) < 4.78 is 2.10. The Hall–Kier alpha value is -2.21. The Morgan fingerprint density at radius 1 is 0.923 bits per heavy atom. The number of aromatic nitrogens is 1. The van der Waals surface area contributed by atoms with Gasteiger partial charge in [-0.3, -0.25) is 19.0 Å². The van der Waals surface area contributed by atoms with E-state index in [9.17, 15) is 14.4 Å². The van der Waals surface area contributed by atoms with Crippen LogP contribution in [0.5, 0.6) is 0 Å². The van der Waals surface area contributed by atoms with Gasteiger partial charge in [-0.25, -0.2) is 0 Å². The summed E-state index contributed by atoms with van der Waals surface area (Å²) in [6.07, 6.45) is 5.53. The van der Waals surface area contributed by atoms with E-state index in [1.807, 2.05) is 0 Å². The molecule has 1 aromatic carbocycles. The number of Topliss-reactive ketones (excluding diaryl/α,β-unsaturated/α-hetero) is 1. The van der Waals surface area contributed by atoms with E-state index in [1.54, 1.807) is 41.3 Å². The zero-order valence-corrected chi connectivity index (χ0v) is 16.0. The molecule has 0 N–H and O–H groups in total. The van der Waals surface area contributed by atoms with Gasteiger partial charge >= 0.3 is 0 Å². The lowest BCUT2D eigenvalue weighted by Crippen LogP contribution is -2.44. The molecule has 1 atom stereocenters. The number of ketones is 1. The van der Waals surface area contributed by atoms with Crippen LogP contribution < -0.4 is 5.56 Å². The predicted octanol–water partition coefficient (Wildman–Crippen LogP) is 3.44. The molecule has 136 valence electrons. The molecular formula is C20H21BrN2O3. The van der Waals surface area contributed by atoms with Crippen LogP contribution >= 0.6 is 15.9 Å². The van der Waals surface area contributed by atoms with E-state index in [0.29, 0.717) is 18.7 Å². The minimum Gasteiger partial charge on any atom is -0.340 e. The molecule has 1 saturated heterocycles. The van der Waals surface area contributed by atoms with Gasteiger partial charge in [0, 0.05) is 35.4 Å². The molecule has 5 nitrogen and oxygen atoms in total. The number of halogens is 1. The zero-order valence-electron chi connectivity index (χ0n) is 14.4. The third kappa shape index (κ3) is 4.12. The average Bonchev–Trinajstić information content (AvgIpc) is 2.93. The Morgan fingerprint density at radius 2 is 1.58 bits per heavy atom. The molecule has 1 amide bonds. The Kier molecular flexibility index (Phi) is 6.04. The van der Waals surface area contributed by atoms with E-state index in [2.05, 4.69) is 15.9 Å². The first kappa shape index (κ1) is 18.6. The molecule has 0 spiro atoms. The van der Waals surface area contributed by atoms with Crippen molar-refractivity contribution in [1.82, 2.24) is 9.47 Å². The van der Waals surface area contributed by atoms with Crippen LogP contribution in [0, 0.1) is 0 Å². The van der Waals surface area contributed by atoms with Crippen molar-refractivity contribution in [2.75, 3.05) is 13.1 Å². The maximum absolute atomic E-state index is 13.2. The second-order valence-corrected chi connectivity index (χ2v) is 7.38. The number of carbonyl (C=O) groups excluding carboxylic acids is 2. The molecule has 0 radical (unpaired) electrons. The smallest absolute Gasteiger partial charge is 0.253 e. The van der Waals surface area contributed by atoms with E-state index in [0.717, 1.165) is 30.2 Å². The second-order valence-electron chi connectivity index (χ2n) is 6.46. The van der Waals surface area contributed by atoms with E-state index in [-0.39, 0.29) is 17.2 Å². The number of pyridine rings is 1. The SMILES string of the molecule is O=C(c1ccc(Br)cc1)C(C(=O)N1CCCCCC1)n1ccccc1=O. The lowest BCUT2D eigenvalue weighted by Gasteiger charge is -2.26. The number of amides is 1. The number of benzene rings is 1. The topological polar surface area (TPSA) is 59.4 Å². The monoisotopic (exact) mass is 416 g/mol. The fourth-order valence-corrected chi connectivity index (χ4v) is 3.51. The Balaban J connectivity index is 2.00. The third-order valence-corrected chi connectivity index (χ3v) is 5.19. The Labute approximate surface area is 160 Å². The van der Waals surface area contributed by atoms with Gasteiger partial charge in [0.1, 0.15) is 0 Å². The van der Waals surface area contributed by atoms with Gasteiger partial charge in [-0.05, 0) is 31.0 Å². The summed E-state index contributed by atoms with van der Waals surface area (Å²) >= 11 is 3.35. The van der Waals surface area contributed by atoms with Gasteiger partial charge in [0.2, 0.25) is 0 Å². The number of hydrogen-bond donors (Lipinski definition) is 0. The molecule has 1 aliphatic rings. The molecule has 2 heterocycles. The summed E-state index contributed by atoms with van der Waals surface area (Å²) in [7, 11) is 0. The van der Waals surface area contributed by atoms with Crippen LogP contribution in [0.4, 0.5) is 0 Å². The summed E-state index contributed by atoms with van der Waals surface area (Å²) in [5.74, 6) is -0.659. The van der Waals surface area contributed by atoms with Crippen molar-refractivity contribution in [1.29, 1.82) is 0 Å². The quantitative estimate of drug-likeness (QED) is 0.566. The van der Waals surface area contributed by atoms with E-state index in [1.165, 1.54) is 16.8 Å². The van der Waals surface area contributed by atoms with Crippen molar-refractivity contribution < 1.29 is 9.59 Å². The van der Waals surface area contributed by atoms with E-state index < -0.39 is 6.04 Å². The lowest BCUT2D eigenvalue weighted by atomic mass is 10.0. The van der Waals surface area contributed by atoms with Crippen LogP contribution in [-0.2, 0) is 4.79 Å². The molecule has 1 unspecified atom stereocenters. The zero-order chi connectivity index (χ0) is 18.5. The third-order valence-electron chi connectivity index (χ3n) is 4.66. The van der Waals surface area contributed by atoms with Crippen LogP contribution in [0.3, 0.4) is 0 Å². The number of carbonyl (C=O) groups is 2. The molecule has 1 aromatic heterocycles.